The van der Waals surface area contributed by atoms with Gasteiger partial charge in [0, 0.05) is 22.9 Å². The number of carbonyl (C=O) groups is 3. The molecular formula is C43H78N4O3. The maximum atomic E-state index is 13.6. The summed E-state index contributed by atoms with van der Waals surface area (Å²) < 4.78 is 0. The Balaban J connectivity index is 2.49. The first-order valence-corrected chi connectivity index (χ1v) is 21.2. The quantitative estimate of drug-likeness (QED) is 0.0526. The van der Waals surface area contributed by atoms with Crippen LogP contribution in [0.1, 0.15) is 217 Å². The van der Waals surface area contributed by atoms with Gasteiger partial charge in [0.25, 0.3) is 0 Å². The molecule has 0 radical (unpaired) electrons. The average molecular weight is 699 g/mol. The smallest absolute Gasteiger partial charge is 0.248 e. The number of amides is 3. The van der Waals surface area contributed by atoms with Crippen LogP contribution in [0.15, 0.2) is 18.2 Å². The molecule has 0 heterocycles. The highest BCUT2D eigenvalue weighted by Gasteiger charge is 2.19. The van der Waals surface area contributed by atoms with Crippen LogP contribution in [0, 0.1) is 5.92 Å². The van der Waals surface area contributed by atoms with Gasteiger partial charge in [0.1, 0.15) is 0 Å². The standard InChI is InChI=1S/C43H78N4O3/c1-3-5-7-9-11-13-15-17-19-21-23-25-27-29-31-37(32-30-28-26-24-22-20-18-16-14-12-10-8-6-4-2)43(50)47-40-34-38(42(45)49)33-39(35-40)46-41(48)36-44/h33-35,37H,3-32,36,44H2,1-2H3,(H2,45,49)(H,46,48)(H,47,50). The van der Waals surface area contributed by atoms with E-state index in [4.69, 9.17) is 11.5 Å². The molecule has 6 N–H and O–H groups in total. The third-order valence-electron chi connectivity index (χ3n) is 10.1. The molecule has 50 heavy (non-hydrogen) atoms. The van der Waals surface area contributed by atoms with E-state index in [-0.39, 0.29) is 29.8 Å². The minimum absolute atomic E-state index is 0.0212. The van der Waals surface area contributed by atoms with Gasteiger partial charge >= 0.3 is 0 Å². The Morgan fingerprint density at radius 2 is 0.820 bits per heavy atom. The Hall–Kier alpha value is -2.41. The number of anilines is 2. The van der Waals surface area contributed by atoms with Gasteiger partial charge in [-0.2, -0.15) is 0 Å². The third-order valence-corrected chi connectivity index (χ3v) is 10.1. The van der Waals surface area contributed by atoms with Crippen LogP contribution in [-0.4, -0.2) is 24.3 Å². The minimum atomic E-state index is -0.620. The maximum Gasteiger partial charge on any atom is 0.248 e. The SMILES string of the molecule is CCCCCCCCCCCCCCCCC(CCCCCCCCCCCCCCCC)C(=O)Nc1cc(NC(=O)CN)cc(C(N)=O)c1. The minimum Gasteiger partial charge on any atom is -0.366 e. The van der Waals surface area contributed by atoms with Gasteiger partial charge in [-0.05, 0) is 31.0 Å². The zero-order chi connectivity index (χ0) is 36.5. The molecule has 0 fully saturated rings. The van der Waals surface area contributed by atoms with Crippen molar-refractivity contribution in [1.82, 2.24) is 0 Å². The van der Waals surface area contributed by atoms with E-state index in [9.17, 15) is 14.4 Å². The lowest BCUT2D eigenvalue weighted by atomic mass is 9.93. The van der Waals surface area contributed by atoms with Crippen molar-refractivity contribution in [3.05, 3.63) is 23.8 Å². The zero-order valence-corrected chi connectivity index (χ0v) is 32.6. The fraction of sp³-hybridized carbons (Fsp3) is 0.791. The number of nitrogens with one attached hydrogen (secondary N) is 2. The number of hydrogen-bond acceptors (Lipinski definition) is 4. The number of nitrogens with two attached hydrogens (primary N) is 2. The molecule has 0 aromatic heterocycles. The normalized spacial score (nSPS) is 11.3. The van der Waals surface area contributed by atoms with Crippen molar-refractivity contribution >= 4 is 29.1 Å². The molecule has 0 aliphatic heterocycles. The number of unbranched alkanes of at least 4 members (excludes halogenated alkanes) is 26. The summed E-state index contributed by atoms with van der Waals surface area (Å²) in [5.41, 5.74) is 12.1. The molecule has 7 heteroatoms. The van der Waals surface area contributed by atoms with Gasteiger partial charge in [0.2, 0.25) is 17.7 Å². The molecule has 1 aromatic rings. The topological polar surface area (TPSA) is 127 Å². The van der Waals surface area contributed by atoms with Gasteiger partial charge in [0.05, 0.1) is 6.54 Å². The Kier molecular flexibility index (Phi) is 29.6. The molecule has 0 bridgehead atoms. The first-order chi connectivity index (χ1) is 24.4. The van der Waals surface area contributed by atoms with Crippen LogP contribution in [0.3, 0.4) is 0 Å². The predicted octanol–water partition coefficient (Wildman–Crippen LogP) is 12.0. The van der Waals surface area contributed by atoms with E-state index in [0.29, 0.717) is 11.4 Å². The van der Waals surface area contributed by atoms with Crippen LogP contribution in [0.5, 0.6) is 0 Å². The summed E-state index contributed by atoms with van der Waals surface area (Å²) in [6, 6.07) is 4.74. The van der Waals surface area contributed by atoms with Crippen molar-refractivity contribution in [1.29, 1.82) is 0 Å². The van der Waals surface area contributed by atoms with Crippen molar-refractivity contribution in [2.45, 2.75) is 206 Å². The predicted molar refractivity (Wildman–Crippen MR) is 215 cm³/mol. The van der Waals surface area contributed by atoms with E-state index < -0.39 is 5.91 Å². The molecule has 0 saturated heterocycles. The Bertz CT molecular complexity index is 966. The number of primary amides is 1. The Morgan fingerprint density at radius 3 is 1.14 bits per heavy atom. The molecule has 7 nitrogen and oxygen atoms in total. The first kappa shape index (κ1) is 45.6. The number of carbonyl (C=O) groups excluding carboxylic acids is 3. The second kappa shape index (κ2) is 32.5. The monoisotopic (exact) mass is 699 g/mol. The fourth-order valence-electron chi connectivity index (χ4n) is 6.95. The lowest BCUT2D eigenvalue weighted by molar-refractivity contribution is -0.120. The third kappa shape index (κ3) is 25.5. The molecule has 1 aromatic carbocycles. The van der Waals surface area contributed by atoms with Crippen LogP contribution < -0.4 is 22.1 Å². The second-order valence-electron chi connectivity index (χ2n) is 14.9. The van der Waals surface area contributed by atoms with Crippen molar-refractivity contribution in [2.24, 2.45) is 17.4 Å². The highest BCUT2D eigenvalue weighted by atomic mass is 16.2. The Morgan fingerprint density at radius 1 is 0.500 bits per heavy atom. The molecule has 0 aliphatic rings. The van der Waals surface area contributed by atoms with Crippen molar-refractivity contribution in [3.8, 4) is 0 Å². The van der Waals surface area contributed by atoms with Gasteiger partial charge in [-0.1, -0.05) is 194 Å². The molecule has 1 rings (SSSR count). The maximum absolute atomic E-state index is 13.6. The molecular weight excluding hydrogens is 620 g/mol. The summed E-state index contributed by atoms with van der Waals surface area (Å²) in [6.07, 6.45) is 38.6. The van der Waals surface area contributed by atoms with Crippen LogP contribution in [0.25, 0.3) is 0 Å². The molecule has 0 atom stereocenters. The summed E-state index contributed by atoms with van der Waals surface area (Å²) in [4.78, 5) is 37.4. The molecule has 288 valence electrons. The lowest BCUT2D eigenvalue weighted by Crippen LogP contribution is -2.24. The largest absolute Gasteiger partial charge is 0.366 e. The zero-order valence-electron chi connectivity index (χ0n) is 32.6. The molecule has 0 unspecified atom stereocenters. The van der Waals surface area contributed by atoms with Gasteiger partial charge in [0.15, 0.2) is 0 Å². The lowest BCUT2D eigenvalue weighted by Gasteiger charge is -2.18. The van der Waals surface area contributed by atoms with Gasteiger partial charge in [-0.15, -0.1) is 0 Å². The molecule has 3 amide bonds. The summed E-state index contributed by atoms with van der Waals surface area (Å²) in [7, 11) is 0. The summed E-state index contributed by atoms with van der Waals surface area (Å²) in [5, 5.41) is 5.71. The van der Waals surface area contributed by atoms with Crippen LogP contribution in [0.2, 0.25) is 0 Å². The van der Waals surface area contributed by atoms with E-state index in [0.717, 1.165) is 38.5 Å². The Labute approximate surface area is 307 Å². The van der Waals surface area contributed by atoms with Crippen LogP contribution >= 0.6 is 0 Å². The van der Waals surface area contributed by atoms with Crippen molar-refractivity contribution in [2.75, 3.05) is 17.2 Å². The van der Waals surface area contributed by atoms with E-state index in [1.807, 2.05) is 0 Å². The highest BCUT2D eigenvalue weighted by molar-refractivity contribution is 6.00. The fourth-order valence-corrected chi connectivity index (χ4v) is 6.95. The van der Waals surface area contributed by atoms with Crippen molar-refractivity contribution < 1.29 is 14.4 Å². The van der Waals surface area contributed by atoms with E-state index >= 15 is 0 Å². The number of rotatable bonds is 35. The highest BCUT2D eigenvalue weighted by Crippen LogP contribution is 2.24. The number of benzene rings is 1. The molecule has 0 spiro atoms. The van der Waals surface area contributed by atoms with Gasteiger partial charge in [-0.3, -0.25) is 14.4 Å². The van der Waals surface area contributed by atoms with Gasteiger partial charge < -0.3 is 22.1 Å². The van der Waals surface area contributed by atoms with Crippen LogP contribution in [0.4, 0.5) is 11.4 Å². The van der Waals surface area contributed by atoms with E-state index in [2.05, 4.69) is 24.5 Å². The second-order valence-corrected chi connectivity index (χ2v) is 14.9. The summed E-state index contributed by atoms with van der Waals surface area (Å²) in [6.45, 7) is 4.37. The van der Waals surface area contributed by atoms with Crippen molar-refractivity contribution in [3.63, 3.8) is 0 Å². The number of hydrogen-bond donors (Lipinski definition) is 4. The van der Waals surface area contributed by atoms with Crippen LogP contribution in [-0.2, 0) is 9.59 Å². The van der Waals surface area contributed by atoms with E-state index in [1.165, 1.54) is 160 Å². The summed E-state index contributed by atoms with van der Waals surface area (Å²) >= 11 is 0. The average Bonchev–Trinajstić information content (AvgIpc) is 3.10. The molecule has 0 aliphatic carbocycles. The van der Waals surface area contributed by atoms with Gasteiger partial charge in [-0.25, -0.2) is 0 Å². The summed E-state index contributed by atoms with van der Waals surface area (Å²) in [5.74, 6) is -1.10. The van der Waals surface area contributed by atoms with E-state index in [1.54, 1.807) is 12.1 Å². The molecule has 0 saturated carbocycles. The first-order valence-electron chi connectivity index (χ1n) is 21.2.